The number of halogens is 4. The predicted octanol–water partition coefficient (Wildman–Crippen LogP) is 4.89. The lowest BCUT2D eigenvalue weighted by Gasteiger charge is -2.14. The van der Waals surface area contributed by atoms with Gasteiger partial charge in [-0.2, -0.15) is 13.2 Å². The van der Waals surface area contributed by atoms with Crippen molar-refractivity contribution in [1.82, 2.24) is 10.1 Å². The van der Waals surface area contributed by atoms with Gasteiger partial charge in [0, 0.05) is 16.7 Å². The van der Waals surface area contributed by atoms with Crippen LogP contribution in [0.15, 0.2) is 47.1 Å². The molecule has 2 heterocycles. The van der Waals surface area contributed by atoms with Crippen molar-refractivity contribution in [2.45, 2.75) is 13.1 Å². The van der Waals surface area contributed by atoms with Gasteiger partial charge in [0.2, 0.25) is 5.88 Å². The number of nitrogens with one attached hydrogen (secondary N) is 1. The van der Waals surface area contributed by atoms with Gasteiger partial charge >= 0.3 is 6.18 Å². The van der Waals surface area contributed by atoms with E-state index in [1.54, 1.807) is 31.2 Å². The summed E-state index contributed by atoms with van der Waals surface area (Å²) in [5, 5.41) is 6.63. The standard InChI is InChI=1S/C18H13ClF3N3O3/c1-10-6-15(25-28-10)16(26)24-13-7-14(11-2-4-12(19)5-3-11)17(23-8-13)27-9-18(20,21)22/h2-8H,9H2,1H3,(H,24,26). The van der Waals surface area contributed by atoms with Crippen molar-refractivity contribution in [3.8, 4) is 17.0 Å². The molecule has 0 aliphatic rings. The fourth-order valence-corrected chi connectivity index (χ4v) is 2.42. The molecule has 3 rings (SSSR count). The van der Waals surface area contributed by atoms with Crippen LogP contribution in [0.2, 0.25) is 5.02 Å². The molecular formula is C18H13ClF3N3O3. The fourth-order valence-electron chi connectivity index (χ4n) is 2.29. The minimum Gasteiger partial charge on any atom is -0.468 e. The van der Waals surface area contributed by atoms with Gasteiger partial charge in [-0.25, -0.2) is 4.98 Å². The Labute approximate surface area is 162 Å². The Morgan fingerprint density at radius 1 is 1.25 bits per heavy atom. The summed E-state index contributed by atoms with van der Waals surface area (Å²) in [6.07, 6.45) is -3.33. The van der Waals surface area contributed by atoms with E-state index < -0.39 is 18.7 Å². The molecule has 1 amide bonds. The molecule has 0 atom stereocenters. The van der Waals surface area contributed by atoms with Crippen LogP contribution in [0.1, 0.15) is 16.2 Å². The van der Waals surface area contributed by atoms with Crippen LogP contribution in [-0.2, 0) is 0 Å². The zero-order chi connectivity index (χ0) is 20.3. The highest BCUT2D eigenvalue weighted by Gasteiger charge is 2.29. The summed E-state index contributed by atoms with van der Waals surface area (Å²) >= 11 is 5.86. The first-order valence-electron chi connectivity index (χ1n) is 7.91. The van der Waals surface area contributed by atoms with Crippen molar-refractivity contribution in [1.29, 1.82) is 0 Å². The number of alkyl halides is 3. The average Bonchev–Trinajstić information content (AvgIpc) is 3.07. The zero-order valence-electron chi connectivity index (χ0n) is 14.4. The van der Waals surface area contributed by atoms with Crippen LogP contribution in [0, 0.1) is 6.92 Å². The van der Waals surface area contributed by atoms with Crippen molar-refractivity contribution < 1.29 is 27.2 Å². The number of hydrogen-bond donors (Lipinski definition) is 1. The van der Waals surface area contributed by atoms with E-state index in [2.05, 4.69) is 15.5 Å². The topological polar surface area (TPSA) is 77.2 Å². The van der Waals surface area contributed by atoms with E-state index in [1.165, 1.54) is 18.3 Å². The van der Waals surface area contributed by atoms with Crippen LogP contribution in [0.3, 0.4) is 0 Å². The number of ether oxygens (including phenoxy) is 1. The van der Waals surface area contributed by atoms with Gasteiger partial charge in [0.25, 0.3) is 5.91 Å². The number of anilines is 1. The highest BCUT2D eigenvalue weighted by atomic mass is 35.5. The molecule has 0 saturated carbocycles. The molecule has 0 radical (unpaired) electrons. The second-order valence-electron chi connectivity index (χ2n) is 5.76. The number of benzene rings is 1. The van der Waals surface area contributed by atoms with Crippen molar-refractivity contribution in [3.63, 3.8) is 0 Å². The van der Waals surface area contributed by atoms with Gasteiger partial charge in [-0.3, -0.25) is 4.79 Å². The highest BCUT2D eigenvalue weighted by Crippen LogP contribution is 2.32. The Morgan fingerprint density at radius 3 is 2.57 bits per heavy atom. The Kier molecular flexibility index (Phi) is 5.55. The lowest BCUT2D eigenvalue weighted by Crippen LogP contribution is -2.20. The zero-order valence-corrected chi connectivity index (χ0v) is 15.1. The van der Waals surface area contributed by atoms with Crippen molar-refractivity contribution in [3.05, 3.63) is 59.1 Å². The van der Waals surface area contributed by atoms with Crippen molar-refractivity contribution in [2.75, 3.05) is 11.9 Å². The number of carbonyl (C=O) groups excluding carboxylic acids is 1. The summed E-state index contributed by atoms with van der Waals surface area (Å²) in [7, 11) is 0. The first-order chi connectivity index (χ1) is 13.2. The third kappa shape index (κ3) is 5.01. The average molecular weight is 412 g/mol. The van der Waals surface area contributed by atoms with E-state index in [0.29, 0.717) is 16.3 Å². The van der Waals surface area contributed by atoms with Gasteiger partial charge in [-0.05, 0) is 30.7 Å². The molecule has 0 spiro atoms. The second-order valence-corrected chi connectivity index (χ2v) is 6.20. The third-order valence-electron chi connectivity index (χ3n) is 3.50. The summed E-state index contributed by atoms with van der Waals surface area (Å²) in [6.45, 7) is 0.140. The first-order valence-corrected chi connectivity index (χ1v) is 8.29. The lowest BCUT2D eigenvalue weighted by molar-refractivity contribution is -0.154. The van der Waals surface area contributed by atoms with E-state index in [4.69, 9.17) is 20.9 Å². The highest BCUT2D eigenvalue weighted by molar-refractivity contribution is 6.30. The summed E-state index contributed by atoms with van der Waals surface area (Å²) in [4.78, 5) is 16.1. The minimum atomic E-state index is -4.52. The largest absolute Gasteiger partial charge is 0.468 e. The van der Waals surface area contributed by atoms with Crippen LogP contribution in [0.5, 0.6) is 5.88 Å². The summed E-state index contributed by atoms with van der Waals surface area (Å²) < 4.78 is 47.2. The van der Waals surface area contributed by atoms with Gasteiger partial charge in [0.15, 0.2) is 12.3 Å². The molecule has 1 N–H and O–H groups in total. The van der Waals surface area contributed by atoms with E-state index in [-0.39, 0.29) is 22.8 Å². The van der Waals surface area contributed by atoms with E-state index in [9.17, 15) is 18.0 Å². The lowest BCUT2D eigenvalue weighted by atomic mass is 10.1. The number of carbonyl (C=O) groups is 1. The van der Waals surface area contributed by atoms with Gasteiger partial charge < -0.3 is 14.6 Å². The third-order valence-corrected chi connectivity index (χ3v) is 3.75. The van der Waals surface area contributed by atoms with Crippen molar-refractivity contribution in [2.24, 2.45) is 0 Å². The van der Waals surface area contributed by atoms with E-state index in [0.717, 1.165) is 0 Å². The van der Waals surface area contributed by atoms with E-state index in [1.807, 2.05) is 0 Å². The van der Waals surface area contributed by atoms with Gasteiger partial charge in [-0.15, -0.1) is 0 Å². The molecule has 0 unspecified atom stereocenters. The predicted molar refractivity (Wildman–Crippen MR) is 95.4 cm³/mol. The molecule has 0 aliphatic heterocycles. The number of aryl methyl sites for hydroxylation is 1. The van der Waals surface area contributed by atoms with Gasteiger partial charge in [-0.1, -0.05) is 28.9 Å². The number of amides is 1. The van der Waals surface area contributed by atoms with Gasteiger partial charge in [0.1, 0.15) is 5.76 Å². The number of hydrogen-bond acceptors (Lipinski definition) is 5. The Balaban J connectivity index is 1.91. The SMILES string of the molecule is Cc1cc(C(=O)Nc2cnc(OCC(F)(F)F)c(-c3ccc(Cl)cc3)c2)no1. The first kappa shape index (κ1) is 19.7. The minimum absolute atomic E-state index is 0.0583. The summed E-state index contributed by atoms with van der Waals surface area (Å²) in [6, 6.07) is 9.26. The summed E-state index contributed by atoms with van der Waals surface area (Å²) in [5.74, 6) is -0.319. The Bertz CT molecular complexity index is 988. The number of nitrogens with zero attached hydrogens (tertiary/aromatic N) is 2. The molecule has 0 aliphatic carbocycles. The quantitative estimate of drug-likeness (QED) is 0.646. The molecule has 2 aromatic heterocycles. The molecular weight excluding hydrogens is 399 g/mol. The molecule has 1 aromatic carbocycles. The molecule has 0 saturated heterocycles. The van der Waals surface area contributed by atoms with Crippen LogP contribution in [-0.4, -0.2) is 28.8 Å². The van der Waals surface area contributed by atoms with E-state index >= 15 is 0 Å². The van der Waals surface area contributed by atoms with Crippen LogP contribution >= 0.6 is 11.6 Å². The molecule has 10 heteroatoms. The summed E-state index contributed by atoms with van der Waals surface area (Å²) in [5.41, 5.74) is 1.08. The Morgan fingerprint density at radius 2 is 1.96 bits per heavy atom. The number of pyridine rings is 1. The molecule has 0 bridgehead atoms. The number of aromatic nitrogens is 2. The Hall–Kier alpha value is -3.07. The second kappa shape index (κ2) is 7.89. The molecule has 6 nitrogen and oxygen atoms in total. The normalized spacial score (nSPS) is 11.3. The molecule has 0 fully saturated rings. The van der Waals surface area contributed by atoms with Crippen LogP contribution in [0.4, 0.5) is 18.9 Å². The molecule has 146 valence electrons. The van der Waals surface area contributed by atoms with Crippen LogP contribution < -0.4 is 10.1 Å². The molecule has 28 heavy (non-hydrogen) atoms. The smallest absolute Gasteiger partial charge is 0.422 e. The number of rotatable bonds is 5. The maximum Gasteiger partial charge on any atom is 0.422 e. The maximum atomic E-state index is 12.5. The van der Waals surface area contributed by atoms with Gasteiger partial charge in [0.05, 0.1) is 11.9 Å². The molecule has 3 aromatic rings. The van der Waals surface area contributed by atoms with Crippen molar-refractivity contribution >= 4 is 23.2 Å². The maximum absolute atomic E-state index is 12.5. The fraction of sp³-hybridized carbons (Fsp3) is 0.167. The van der Waals surface area contributed by atoms with Crippen LogP contribution in [0.25, 0.3) is 11.1 Å². The monoisotopic (exact) mass is 411 g/mol.